The van der Waals surface area contributed by atoms with Gasteiger partial charge in [-0.25, -0.2) is 8.78 Å². The topological polar surface area (TPSA) is 0 Å². The van der Waals surface area contributed by atoms with Crippen LogP contribution < -0.4 is 0 Å². The lowest BCUT2D eigenvalue weighted by molar-refractivity contribution is 0.402. The summed E-state index contributed by atoms with van der Waals surface area (Å²) in [6.07, 6.45) is 12.2. The Morgan fingerprint density at radius 1 is 0.620 bits per heavy atom. The number of benzene rings is 5. The Hall–Kier alpha value is -4.82. The third-order valence-electron chi connectivity index (χ3n) is 10.9. The minimum Gasteiger partial charge on any atom is -0.243 e. The zero-order chi connectivity index (χ0) is 34.9. The van der Waals surface area contributed by atoms with Crippen molar-refractivity contribution in [2.75, 3.05) is 0 Å². The van der Waals surface area contributed by atoms with Crippen LogP contribution in [0.25, 0.3) is 39.1 Å². The minimum atomic E-state index is -0.957. The first kappa shape index (κ1) is 32.4. The van der Waals surface area contributed by atoms with Gasteiger partial charge in [0.25, 0.3) is 0 Å². The fourth-order valence-electron chi connectivity index (χ4n) is 8.10. The SMILES string of the molecule is CC(C)(C)c1ccc(-c2cc(C3=CCC(F)C=C3)c3c4c5c(ccc24)C(c2ccc(F)cc2)=CC(c2ccc(C(C)(C)C)cc2)C5C=C3)cc1. The number of alkyl halides is 1. The van der Waals surface area contributed by atoms with Gasteiger partial charge < -0.3 is 0 Å². The summed E-state index contributed by atoms with van der Waals surface area (Å²) in [5.41, 5.74) is 14.3. The van der Waals surface area contributed by atoms with Gasteiger partial charge in [0.05, 0.1) is 0 Å². The number of halogens is 2. The number of hydrogen-bond donors (Lipinski definition) is 0. The molecule has 0 saturated carbocycles. The van der Waals surface area contributed by atoms with Crippen molar-refractivity contribution >= 4 is 28.0 Å². The fraction of sp³-hybridized carbons (Fsp3) is 0.250. The lowest BCUT2D eigenvalue weighted by atomic mass is 9.67. The van der Waals surface area contributed by atoms with E-state index in [1.807, 2.05) is 24.3 Å². The Morgan fingerprint density at radius 2 is 1.26 bits per heavy atom. The van der Waals surface area contributed by atoms with E-state index in [4.69, 9.17) is 0 Å². The molecule has 0 N–H and O–H groups in total. The summed E-state index contributed by atoms with van der Waals surface area (Å²) in [5.74, 6) is -0.0345. The van der Waals surface area contributed by atoms with E-state index in [1.54, 1.807) is 18.2 Å². The van der Waals surface area contributed by atoms with Crippen LogP contribution in [0.15, 0.2) is 121 Å². The van der Waals surface area contributed by atoms with E-state index < -0.39 is 6.17 Å². The van der Waals surface area contributed by atoms with Crippen LogP contribution in [0.3, 0.4) is 0 Å². The maximum atomic E-state index is 14.4. The second-order valence-corrected chi connectivity index (χ2v) is 16.3. The molecule has 0 radical (unpaired) electrons. The zero-order valence-corrected chi connectivity index (χ0v) is 29.8. The Kier molecular flexibility index (Phi) is 7.71. The lowest BCUT2D eigenvalue weighted by Crippen LogP contribution is -2.19. The molecule has 5 aromatic rings. The molecule has 0 aliphatic heterocycles. The van der Waals surface area contributed by atoms with Crippen LogP contribution >= 0.6 is 0 Å². The van der Waals surface area contributed by atoms with Crippen LogP contribution in [0.5, 0.6) is 0 Å². The van der Waals surface area contributed by atoms with Gasteiger partial charge in [-0.1, -0.05) is 145 Å². The lowest BCUT2D eigenvalue weighted by Gasteiger charge is -2.36. The first-order valence-corrected chi connectivity index (χ1v) is 17.9. The quantitative estimate of drug-likeness (QED) is 0.180. The maximum Gasteiger partial charge on any atom is 0.123 e. The molecule has 250 valence electrons. The zero-order valence-electron chi connectivity index (χ0n) is 29.8. The summed E-state index contributed by atoms with van der Waals surface area (Å²) in [5, 5.41) is 2.47. The average Bonchev–Trinajstić information content (AvgIpc) is 3.10. The summed E-state index contributed by atoms with van der Waals surface area (Å²) < 4.78 is 28.6. The highest BCUT2D eigenvalue weighted by Crippen LogP contribution is 2.54. The van der Waals surface area contributed by atoms with Crippen molar-refractivity contribution in [2.45, 2.75) is 76.8 Å². The molecule has 0 bridgehead atoms. The third kappa shape index (κ3) is 5.59. The maximum absolute atomic E-state index is 14.4. The molecule has 0 fully saturated rings. The normalized spacial score (nSPS) is 19.8. The Balaban J connectivity index is 1.41. The monoisotopic (exact) mass is 658 g/mol. The molecular weight excluding hydrogens is 615 g/mol. The number of allylic oxidation sites excluding steroid dienone is 6. The van der Waals surface area contributed by atoms with Gasteiger partial charge in [0.1, 0.15) is 12.0 Å². The van der Waals surface area contributed by atoms with Crippen LogP contribution in [0.4, 0.5) is 8.78 Å². The van der Waals surface area contributed by atoms with Gasteiger partial charge in [-0.2, -0.15) is 0 Å². The largest absolute Gasteiger partial charge is 0.243 e. The molecule has 0 nitrogen and oxygen atoms in total. The van der Waals surface area contributed by atoms with Crippen molar-refractivity contribution in [2.24, 2.45) is 0 Å². The van der Waals surface area contributed by atoms with Gasteiger partial charge in [0.15, 0.2) is 0 Å². The van der Waals surface area contributed by atoms with Crippen molar-refractivity contribution in [1.29, 1.82) is 0 Å². The van der Waals surface area contributed by atoms with E-state index in [2.05, 4.69) is 127 Å². The molecular formula is C48H44F2. The summed E-state index contributed by atoms with van der Waals surface area (Å²) in [6.45, 7) is 13.5. The predicted molar refractivity (Wildman–Crippen MR) is 208 cm³/mol. The molecule has 0 aromatic heterocycles. The van der Waals surface area contributed by atoms with Crippen molar-refractivity contribution in [3.8, 4) is 11.1 Å². The third-order valence-corrected chi connectivity index (χ3v) is 10.9. The van der Waals surface area contributed by atoms with Crippen LogP contribution in [0.2, 0.25) is 0 Å². The highest BCUT2D eigenvalue weighted by atomic mass is 19.1. The second kappa shape index (κ2) is 11.9. The molecule has 0 spiro atoms. The Morgan fingerprint density at radius 3 is 1.88 bits per heavy atom. The predicted octanol–water partition coefficient (Wildman–Crippen LogP) is 13.3. The molecule has 0 heterocycles. The van der Waals surface area contributed by atoms with Crippen LogP contribution in [-0.2, 0) is 10.8 Å². The summed E-state index contributed by atoms with van der Waals surface area (Å²) in [7, 11) is 0. The molecule has 50 heavy (non-hydrogen) atoms. The standard InChI is InChI=1S/C48H44F2/c1-47(2,3)33-15-7-29(8-16-33)41-27-43(31-11-19-35(49)20-12-31)39-26-24-38-42(30-9-17-34(18-10-30)48(4,5)6)28-44(32-13-21-36(50)22-14-32)40-25-23-37(41)45(39)46(38)40/h7-21,23-28,36-37,41H,22H2,1-6H3. The summed E-state index contributed by atoms with van der Waals surface area (Å²) in [4.78, 5) is 0. The molecule has 3 aliphatic rings. The van der Waals surface area contributed by atoms with E-state index in [9.17, 15) is 8.78 Å². The first-order valence-electron chi connectivity index (χ1n) is 17.9. The van der Waals surface area contributed by atoms with Gasteiger partial charge in [-0.15, -0.1) is 0 Å². The van der Waals surface area contributed by atoms with Crippen molar-refractivity contribution in [1.82, 2.24) is 0 Å². The number of rotatable bonds is 4. The summed E-state index contributed by atoms with van der Waals surface area (Å²) >= 11 is 0. The molecule has 2 heteroatoms. The van der Waals surface area contributed by atoms with Crippen LogP contribution in [-0.4, -0.2) is 6.17 Å². The van der Waals surface area contributed by atoms with E-state index in [1.165, 1.54) is 55.3 Å². The first-order chi connectivity index (χ1) is 23.9. The molecule has 3 aliphatic carbocycles. The highest BCUT2D eigenvalue weighted by molar-refractivity contribution is 6.10. The van der Waals surface area contributed by atoms with E-state index in [-0.39, 0.29) is 28.5 Å². The number of hydrogen-bond acceptors (Lipinski definition) is 0. The van der Waals surface area contributed by atoms with Crippen molar-refractivity contribution in [3.63, 3.8) is 0 Å². The van der Waals surface area contributed by atoms with Crippen LogP contribution in [0, 0.1) is 5.82 Å². The molecule has 3 unspecified atom stereocenters. The van der Waals surface area contributed by atoms with Gasteiger partial charge in [-0.3, -0.25) is 0 Å². The molecule has 0 saturated heterocycles. The molecule has 0 amide bonds. The average molecular weight is 659 g/mol. The minimum absolute atomic E-state index is 0.0529. The van der Waals surface area contributed by atoms with E-state index in [0.29, 0.717) is 6.42 Å². The van der Waals surface area contributed by atoms with Crippen molar-refractivity contribution in [3.05, 3.63) is 172 Å². The highest BCUT2D eigenvalue weighted by Gasteiger charge is 2.35. The molecule has 8 rings (SSSR count). The second-order valence-electron chi connectivity index (χ2n) is 16.3. The van der Waals surface area contributed by atoms with Crippen molar-refractivity contribution < 1.29 is 8.78 Å². The van der Waals surface area contributed by atoms with Gasteiger partial charge >= 0.3 is 0 Å². The summed E-state index contributed by atoms with van der Waals surface area (Å²) in [6, 6.07) is 32.0. The Bertz CT molecular complexity index is 2240. The van der Waals surface area contributed by atoms with Gasteiger partial charge in [-0.05, 0) is 113 Å². The van der Waals surface area contributed by atoms with Crippen LogP contribution in [0.1, 0.15) is 104 Å². The molecule has 3 atom stereocenters. The fourth-order valence-corrected chi connectivity index (χ4v) is 8.10. The smallest absolute Gasteiger partial charge is 0.123 e. The van der Waals surface area contributed by atoms with E-state index in [0.717, 1.165) is 22.3 Å². The molecule has 5 aromatic carbocycles. The van der Waals surface area contributed by atoms with Gasteiger partial charge in [0, 0.05) is 18.3 Å². The van der Waals surface area contributed by atoms with E-state index >= 15 is 0 Å². The van der Waals surface area contributed by atoms with Gasteiger partial charge in [0.2, 0.25) is 0 Å². The Labute approximate surface area is 295 Å².